The summed E-state index contributed by atoms with van der Waals surface area (Å²) in [6, 6.07) is 5.25. The van der Waals surface area contributed by atoms with Crippen LogP contribution in [-0.2, 0) is 9.59 Å². The fraction of sp³-hybridized carbons (Fsp3) is 0.429. The molecule has 1 aromatic carbocycles. The average Bonchev–Trinajstić information content (AvgIpc) is 3.20. The van der Waals surface area contributed by atoms with Crippen LogP contribution >= 0.6 is 11.6 Å². The molecule has 1 heterocycles. The van der Waals surface area contributed by atoms with Crippen LogP contribution in [0.2, 0.25) is 5.02 Å². The number of carboxylic acids is 1. The van der Waals surface area contributed by atoms with E-state index in [1.807, 2.05) is 12.1 Å². The first-order valence-corrected chi connectivity index (χ1v) is 6.90. The van der Waals surface area contributed by atoms with Crippen LogP contribution in [0.5, 0.6) is 5.75 Å². The van der Waals surface area contributed by atoms with Crippen LogP contribution in [0.25, 0.3) is 0 Å². The Bertz CT molecular complexity index is 574. The van der Waals surface area contributed by atoms with E-state index >= 15 is 0 Å². The Hall–Kier alpha value is -1.75. The predicted molar refractivity (Wildman–Crippen MR) is 71.7 cm³/mol. The summed E-state index contributed by atoms with van der Waals surface area (Å²) in [5, 5.41) is 12.3. The highest BCUT2D eigenvalue weighted by molar-refractivity contribution is 6.32. The highest BCUT2D eigenvalue weighted by atomic mass is 35.5. The number of benzene rings is 1. The minimum atomic E-state index is -0.902. The molecule has 1 fully saturated rings. The third-order valence-corrected chi connectivity index (χ3v) is 4.08. The Balaban J connectivity index is 1.73. The van der Waals surface area contributed by atoms with E-state index in [0.29, 0.717) is 30.2 Å². The van der Waals surface area contributed by atoms with Crippen molar-refractivity contribution >= 4 is 23.5 Å². The first kappa shape index (κ1) is 13.2. The number of hydrogen-bond donors (Lipinski definition) is 2. The van der Waals surface area contributed by atoms with Crippen LogP contribution in [-0.4, -0.2) is 23.6 Å². The van der Waals surface area contributed by atoms with Gasteiger partial charge in [0.05, 0.1) is 29.5 Å². The highest BCUT2D eigenvalue weighted by Crippen LogP contribution is 2.41. The molecule has 2 aliphatic rings. The van der Waals surface area contributed by atoms with Gasteiger partial charge in [-0.15, -0.1) is 0 Å². The number of amides is 1. The van der Waals surface area contributed by atoms with E-state index in [9.17, 15) is 9.59 Å². The lowest BCUT2D eigenvalue weighted by Gasteiger charge is -2.27. The summed E-state index contributed by atoms with van der Waals surface area (Å²) in [5.74, 6) is -1.43. The number of aliphatic carboxylic acids is 1. The van der Waals surface area contributed by atoms with Crippen molar-refractivity contribution in [3.8, 4) is 5.75 Å². The number of halogens is 1. The van der Waals surface area contributed by atoms with E-state index in [4.69, 9.17) is 21.4 Å². The van der Waals surface area contributed by atoms with Gasteiger partial charge >= 0.3 is 5.97 Å². The molecule has 1 aromatic rings. The molecule has 0 bridgehead atoms. The van der Waals surface area contributed by atoms with Crippen molar-refractivity contribution in [2.24, 2.45) is 11.8 Å². The SMILES string of the molecule is O=C(O)C1CC1C(=O)NC1CCOc2c(Cl)cccc21. The second kappa shape index (κ2) is 4.98. The summed E-state index contributed by atoms with van der Waals surface area (Å²) in [5.41, 5.74) is 0.852. The minimum absolute atomic E-state index is 0.167. The van der Waals surface area contributed by atoms with Crippen molar-refractivity contribution in [3.05, 3.63) is 28.8 Å². The summed E-state index contributed by atoms with van der Waals surface area (Å²) < 4.78 is 5.52. The number of carbonyl (C=O) groups is 2. The first-order valence-electron chi connectivity index (χ1n) is 6.52. The molecule has 1 aliphatic heterocycles. The third kappa shape index (κ3) is 2.33. The van der Waals surface area contributed by atoms with Gasteiger partial charge in [-0.1, -0.05) is 23.7 Å². The van der Waals surface area contributed by atoms with Gasteiger partial charge in [-0.3, -0.25) is 9.59 Å². The van der Waals surface area contributed by atoms with Gasteiger partial charge in [0.25, 0.3) is 0 Å². The molecule has 20 heavy (non-hydrogen) atoms. The minimum Gasteiger partial charge on any atom is -0.492 e. The van der Waals surface area contributed by atoms with E-state index in [-0.39, 0.29) is 11.9 Å². The third-order valence-electron chi connectivity index (χ3n) is 3.79. The second-order valence-electron chi connectivity index (χ2n) is 5.14. The lowest BCUT2D eigenvalue weighted by atomic mass is 10.0. The van der Waals surface area contributed by atoms with Crippen LogP contribution in [0.1, 0.15) is 24.4 Å². The van der Waals surface area contributed by atoms with Gasteiger partial charge in [0.1, 0.15) is 5.75 Å². The molecule has 1 amide bonds. The number of fused-ring (bicyclic) bond motifs is 1. The Kier molecular flexibility index (Phi) is 3.30. The fourth-order valence-electron chi connectivity index (χ4n) is 2.57. The van der Waals surface area contributed by atoms with E-state index in [1.54, 1.807) is 6.07 Å². The maximum Gasteiger partial charge on any atom is 0.307 e. The Morgan fingerprint density at radius 3 is 2.85 bits per heavy atom. The summed E-state index contributed by atoms with van der Waals surface area (Å²) >= 11 is 6.07. The van der Waals surface area contributed by atoms with Crippen molar-refractivity contribution in [1.29, 1.82) is 0 Å². The Morgan fingerprint density at radius 2 is 2.15 bits per heavy atom. The average molecular weight is 296 g/mol. The predicted octanol–water partition coefficient (Wildman–Crippen LogP) is 2.00. The number of carboxylic acid groups (broad SMARTS) is 1. The normalized spacial score (nSPS) is 27.1. The molecule has 0 aromatic heterocycles. The molecule has 1 saturated carbocycles. The Labute approximate surface area is 120 Å². The van der Waals surface area contributed by atoms with E-state index in [1.165, 1.54) is 0 Å². The zero-order valence-corrected chi connectivity index (χ0v) is 11.4. The number of hydrogen-bond acceptors (Lipinski definition) is 3. The highest BCUT2D eigenvalue weighted by Gasteiger charge is 2.48. The van der Waals surface area contributed by atoms with Crippen LogP contribution in [0, 0.1) is 11.8 Å². The van der Waals surface area contributed by atoms with Crippen molar-refractivity contribution in [2.45, 2.75) is 18.9 Å². The zero-order valence-electron chi connectivity index (χ0n) is 10.6. The summed E-state index contributed by atoms with van der Waals surface area (Å²) in [4.78, 5) is 22.8. The van der Waals surface area contributed by atoms with Gasteiger partial charge < -0.3 is 15.2 Å². The summed E-state index contributed by atoms with van der Waals surface area (Å²) in [6.07, 6.45) is 1.08. The van der Waals surface area contributed by atoms with Crippen molar-refractivity contribution < 1.29 is 19.4 Å². The molecule has 2 N–H and O–H groups in total. The number of carbonyl (C=O) groups excluding carboxylic acids is 1. The molecule has 3 rings (SSSR count). The van der Waals surface area contributed by atoms with Gasteiger partial charge in [-0.2, -0.15) is 0 Å². The molecule has 0 spiro atoms. The summed E-state index contributed by atoms with van der Waals surface area (Å²) in [7, 11) is 0. The van der Waals surface area contributed by atoms with Crippen LogP contribution in [0.4, 0.5) is 0 Å². The monoisotopic (exact) mass is 295 g/mol. The van der Waals surface area contributed by atoms with E-state index in [0.717, 1.165) is 5.56 Å². The second-order valence-corrected chi connectivity index (χ2v) is 5.55. The molecule has 3 unspecified atom stereocenters. The number of nitrogens with one attached hydrogen (secondary N) is 1. The molecule has 3 atom stereocenters. The lowest BCUT2D eigenvalue weighted by molar-refractivity contribution is -0.140. The quantitative estimate of drug-likeness (QED) is 0.894. The van der Waals surface area contributed by atoms with E-state index < -0.39 is 17.8 Å². The fourth-order valence-corrected chi connectivity index (χ4v) is 2.81. The Morgan fingerprint density at radius 1 is 1.35 bits per heavy atom. The van der Waals surface area contributed by atoms with Crippen molar-refractivity contribution in [3.63, 3.8) is 0 Å². The molecule has 5 nitrogen and oxygen atoms in total. The molecular formula is C14H14ClNO4. The summed E-state index contributed by atoms with van der Waals surface area (Å²) in [6.45, 7) is 0.481. The molecule has 1 aliphatic carbocycles. The number of ether oxygens (including phenoxy) is 1. The lowest BCUT2D eigenvalue weighted by Crippen LogP contribution is -2.33. The van der Waals surface area contributed by atoms with Gasteiger partial charge in [-0.25, -0.2) is 0 Å². The number of para-hydroxylation sites is 1. The van der Waals surface area contributed by atoms with Gasteiger partial charge in [0.15, 0.2) is 0 Å². The number of rotatable bonds is 3. The smallest absolute Gasteiger partial charge is 0.307 e. The molecule has 0 saturated heterocycles. The molecular weight excluding hydrogens is 282 g/mol. The maximum atomic E-state index is 12.0. The van der Waals surface area contributed by atoms with Crippen LogP contribution in [0.15, 0.2) is 18.2 Å². The molecule has 0 radical (unpaired) electrons. The van der Waals surface area contributed by atoms with Gasteiger partial charge in [-0.05, 0) is 12.5 Å². The maximum absolute atomic E-state index is 12.0. The molecule has 6 heteroatoms. The molecule has 106 valence electrons. The standard InChI is InChI=1S/C14H14ClNO4/c15-10-3-1-2-7-11(4-5-20-12(7)10)16-13(17)8-6-9(8)14(18)19/h1-3,8-9,11H,4-6H2,(H,16,17)(H,18,19). The largest absolute Gasteiger partial charge is 0.492 e. The van der Waals surface area contributed by atoms with Crippen LogP contribution in [0.3, 0.4) is 0 Å². The van der Waals surface area contributed by atoms with Crippen molar-refractivity contribution in [1.82, 2.24) is 5.32 Å². The topological polar surface area (TPSA) is 75.6 Å². The van der Waals surface area contributed by atoms with Crippen LogP contribution < -0.4 is 10.1 Å². The van der Waals surface area contributed by atoms with Gasteiger partial charge in [0, 0.05) is 12.0 Å². The zero-order chi connectivity index (χ0) is 14.3. The van der Waals surface area contributed by atoms with Crippen molar-refractivity contribution in [2.75, 3.05) is 6.61 Å². The first-order chi connectivity index (χ1) is 9.58. The van der Waals surface area contributed by atoms with Gasteiger partial charge in [0.2, 0.25) is 5.91 Å². The van der Waals surface area contributed by atoms with E-state index in [2.05, 4.69) is 5.32 Å².